The maximum absolute atomic E-state index is 13.0. The van der Waals surface area contributed by atoms with Gasteiger partial charge in [0.25, 0.3) is 5.91 Å². The number of hydrogen-bond donors (Lipinski definition) is 1. The fourth-order valence-electron chi connectivity index (χ4n) is 3.83. The molecule has 25 heavy (non-hydrogen) atoms. The summed E-state index contributed by atoms with van der Waals surface area (Å²) in [6.45, 7) is 5.41. The Morgan fingerprint density at radius 2 is 2.00 bits per heavy atom. The molecule has 0 bridgehead atoms. The molecule has 1 fully saturated rings. The summed E-state index contributed by atoms with van der Waals surface area (Å²) >= 11 is 6.14. The van der Waals surface area contributed by atoms with Crippen molar-refractivity contribution in [3.63, 3.8) is 0 Å². The lowest BCUT2D eigenvalue weighted by Gasteiger charge is -2.33. The van der Waals surface area contributed by atoms with Gasteiger partial charge >= 0.3 is 0 Å². The lowest BCUT2D eigenvalue weighted by molar-refractivity contribution is 0.0982. The topological polar surface area (TPSA) is 56.7 Å². The highest BCUT2D eigenvalue weighted by molar-refractivity contribution is 6.31. The molecule has 0 spiro atoms. The van der Waals surface area contributed by atoms with Crippen molar-refractivity contribution in [2.45, 2.75) is 31.9 Å². The molecule has 2 aromatic rings. The summed E-state index contributed by atoms with van der Waals surface area (Å²) in [6.07, 6.45) is 3.93. The average molecular weight is 358 g/mol. The minimum absolute atomic E-state index is 0.0444. The van der Waals surface area contributed by atoms with Crippen LogP contribution in [0.1, 0.15) is 36.2 Å². The van der Waals surface area contributed by atoms with E-state index < -0.39 is 5.54 Å². The average Bonchev–Trinajstić information content (AvgIpc) is 3.08. The van der Waals surface area contributed by atoms with Gasteiger partial charge in [0.05, 0.1) is 35.4 Å². The summed E-state index contributed by atoms with van der Waals surface area (Å²) in [5, 5.41) is 10.4. The zero-order valence-corrected chi connectivity index (χ0v) is 15.0. The Hall–Kier alpha value is -2.11. The van der Waals surface area contributed by atoms with Gasteiger partial charge in [0.1, 0.15) is 0 Å². The summed E-state index contributed by atoms with van der Waals surface area (Å²) in [7, 11) is 0. The van der Waals surface area contributed by atoms with Gasteiger partial charge in [0.2, 0.25) is 0 Å². The van der Waals surface area contributed by atoms with Gasteiger partial charge in [0.15, 0.2) is 0 Å². The van der Waals surface area contributed by atoms with Crippen LogP contribution in [0.15, 0.2) is 36.7 Å². The number of hydrogen-bond acceptors (Lipinski definition) is 4. The van der Waals surface area contributed by atoms with Crippen LogP contribution in [0.5, 0.6) is 0 Å². The van der Waals surface area contributed by atoms with Gasteiger partial charge in [-0.3, -0.25) is 14.7 Å². The quantitative estimate of drug-likeness (QED) is 0.896. The highest BCUT2D eigenvalue weighted by Crippen LogP contribution is 2.43. The van der Waals surface area contributed by atoms with Crippen LogP contribution >= 0.6 is 11.6 Å². The molecule has 1 N–H and O–H groups in total. The second kappa shape index (κ2) is 5.71. The summed E-state index contributed by atoms with van der Waals surface area (Å²) in [5.41, 5.74) is 2.76. The number of fused-ring (bicyclic) bond motifs is 1. The molecule has 3 heterocycles. The number of rotatable bonds is 2. The molecular formula is C19H20ClN3O2. The van der Waals surface area contributed by atoms with Crippen molar-refractivity contribution < 1.29 is 9.90 Å². The minimum atomic E-state index is -0.512. The minimum Gasteiger partial charge on any atom is -0.391 e. The predicted octanol–water partition coefficient (Wildman–Crippen LogP) is 3.20. The van der Waals surface area contributed by atoms with E-state index in [4.69, 9.17) is 11.6 Å². The van der Waals surface area contributed by atoms with Crippen molar-refractivity contribution in [2.24, 2.45) is 0 Å². The second-order valence-corrected chi connectivity index (χ2v) is 7.62. The first-order valence-electron chi connectivity index (χ1n) is 8.40. The van der Waals surface area contributed by atoms with Crippen molar-refractivity contribution in [3.8, 4) is 0 Å². The number of anilines is 2. The SMILES string of the molecule is CC1(C)c2cc(Cl)ccc2C(=O)N1c1cncc(N2CCC(O)C2)c1. The Kier molecular flexibility index (Phi) is 3.74. The highest BCUT2D eigenvalue weighted by Gasteiger charge is 2.44. The van der Waals surface area contributed by atoms with Gasteiger partial charge < -0.3 is 10.0 Å². The van der Waals surface area contributed by atoms with E-state index in [-0.39, 0.29) is 12.0 Å². The van der Waals surface area contributed by atoms with E-state index in [1.54, 1.807) is 29.4 Å². The number of halogens is 1. The van der Waals surface area contributed by atoms with Crippen LogP contribution in [-0.2, 0) is 5.54 Å². The summed E-state index contributed by atoms with van der Waals surface area (Å²) in [6, 6.07) is 7.37. The lowest BCUT2D eigenvalue weighted by atomic mass is 9.93. The Bertz CT molecular complexity index is 852. The summed E-state index contributed by atoms with van der Waals surface area (Å²) < 4.78 is 0. The molecule has 0 radical (unpaired) electrons. The molecule has 1 atom stereocenters. The monoisotopic (exact) mass is 357 g/mol. The number of benzene rings is 1. The number of amides is 1. The van der Waals surface area contributed by atoms with E-state index in [0.717, 1.165) is 29.9 Å². The van der Waals surface area contributed by atoms with Gasteiger partial charge in [-0.05, 0) is 50.1 Å². The first kappa shape index (κ1) is 16.4. The molecule has 1 aromatic heterocycles. The molecule has 1 aromatic carbocycles. The largest absolute Gasteiger partial charge is 0.391 e. The van der Waals surface area contributed by atoms with Crippen molar-refractivity contribution in [1.29, 1.82) is 0 Å². The molecule has 1 saturated heterocycles. The van der Waals surface area contributed by atoms with E-state index in [1.807, 2.05) is 26.0 Å². The first-order chi connectivity index (χ1) is 11.9. The van der Waals surface area contributed by atoms with Crippen LogP contribution in [0.25, 0.3) is 0 Å². The smallest absolute Gasteiger partial charge is 0.259 e. The van der Waals surface area contributed by atoms with E-state index in [1.165, 1.54) is 0 Å². The molecule has 2 aliphatic rings. The Labute approximate surface area is 151 Å². The van der Waals surface area contributed by atoms with Crippen molar-refractivity contribution >= 4 is 28.9 Å². The number of pyridine rings is 1. The van der Waals surface area contributed by atoms with E-state index >= 15 is 0 Å². The van der Waals surface area contributed by atoms with E-state index in [9.17, 15) is 9.90 Å². The third-order valence-corrected chi connectivity index (χ3v) is 5.36. The van der Waals surface area contributed by atoms with Crippen LogP contribution < -0.4 is 9.80 Å². The summed E-state index contributed by atoms with van der Waals surface area (Å²) in [5.74, 6) is -0.0444. The molecule has 2 aliphatic heterocycles. The van der Waals surface area contributed by atoms with E-state index in [0.29, 0.717) is 17.1 Å². The van der Waals surface area contributed by atoms with E-state index in [2.05, 4.69) is 9.88 Å². The maximum atomic E-state index is 13.0. The van der Waals surface area contributed by atoms with Crippen LogP contribution in [0, 0.1) is 0 Å². The van der Waals surface area contributed by atoms with Gasteiger partial charge in [-0.2, -0.15) is 0 Å². The van der Waals surface area contributed by atoms with Gasteiger partial charge in [-0.1, -0.05) is 11.6 Å². The molecular weight excluding hydrogens is 338 g/mol. The third-order valence-electron chi connectivity index (χ3n) is 5.13. The molecule has 130 valence electrons. The Balaban J connectivity index is 1.74. The maximum Gasteiger partial charge on any atom is 0.259 e. The number of aliphatic hydroxyl groups is 1. The molecule has 5 nitrogen and oxygen atoms in total. The number of nitrogens with zero attached hydrogens (tertiary/aromatic N) is 3. The number of aliphatic hydroxyl groups excluding tert-OH is 1. The fraction of sp³-hybridized carbons (Fsp3) is 0.368. The molecule has 1 unspecified atom stereocenters. The number of carbonyl (C=O) groups is 1. The van der Waals surface area contributed by atoms with Crippen molar-refractivity contribution in [1.82, 2.24) is 4.98 Å². The second-order valence-electron chi connectivity index (χ2n) is 7.18. The number of carbonyl (C=O) groups excluding carboxylic acids is 1. The zero-order valence-electron chi connectivity index (χ0n) is 14.2. The molecule has 1 amide bonds. The van der Waals surface area contributed by atoms with Crippen molar-refractivity contribution in [2.75, 3.05) is 22.9 Å². The summed E-state index contributed by atoms with van der Waals surface area (Å²) in [4.78, 5) is 21.2. The number of β-amino-alcohol motifs (C(OH)–C–C–N with tert-alkyl or cyclic N) is 1. The van der Waals surface area contributed by atoms with Crippen LogP contribution in [0.3, 0.4) is 0 Å². The molecule has 0 saturated carbocycles. The highest BCUT2D eigenvalue weighted by atomic mass is 35.5. The molecule has 6 heteroatoms. The third kappa shape index (κ3) is 2.58. The normalized spacial score (nSPS) is 21.8. The van der Waals surface area contributed by atoms with Crippen LogP contribution in [0.4, 0.5) is 11.4 Å². The van der Waals surface area contributed by atoms with Crippen LogP contribution in [-0.4, -0.2) is 35.2 Å². The Morgan fingerprint density at radius 3 is 2.72 bits per heavy atom. The van der Waals surface area contributed by atoms with Gasteiger partial charge in [-0.25, -0.2) is 0 Å². The Morgan fingerprint density at radius 1 is 1.24 bits per heavy atom. The van der Waals surface area contributed by atoms with Crippen molar-refractivity contribution in [3.05, 3.63) is 52.8 Å². The standard InChI is InChI=1S/C19H20ClN3O2/c1-19(2)17-7-12(20)3-4-16(17)18(25)23(19)14-8-13(9-21-10-14)22-6-5-15(24)11-22/h3-4,7-10,15,24H,5-6,11H2,1-2H3. The van der Waals surface area contributed by atoms with Gasteiger partial charge in [0, 0.05) is 23.7 Å². The molecule has 4 rings (SSSR count). The predicted molar refractivity (Wildman–Crippen MR) is 98.4 cm³/mol. The van der Waals surface area contributed by atoms with Gasteiger partial charge in [-0.15, -0.1) is 0 Å². The number of aromatic nitrogens is 1. The first-order valence-corrected chi connectivity index (χ1v) is 8.78. The van der Waals surface area contributed by atoms with Crippen LogP contribution in [0.2, 0.25) is 5.02 Å². The molecule has 0 aliphatic carbocycles. The lowest BCUT2D eigenvalue weighted by Crippen LogP contribution is -2.39. The zero-order chi connectivity index (χ0) is 17.8. The fourth-order valence-corrected chi connectivity index (χ4v) is 4.00.